The summed E-state index contributed by atoms with van der Waals surface area (Å²) < 4.78 is 5.31. The van der Waals surface area contributed by atoms with Crippen LogP contribution in [0.4, 0.5) is 5.69 Å². The highest BCUT2D eigenvalue weighted by Gasteiger charge is 2.16. The second-order valence-corrected chi connectivity index (χ2v) is 6.18. The number of nitrogens with two attached hydrogens (primary N) is 1. The van der Waals surface area contributed by atoms with Crippen LogP contribution in [0.3, 0.4) is 0 Å². The van der Waals surface area contributed by atoms with Crippen molar-refractivity contribution in [2.45, 2.75) is 25.8 Å². The number of rotatable bonds is 8. The van der Waals surface area contributed by atoms with Crippen LogP contribution in [-0.2, 0) is 0 Å². The van der Waals surface area contributed by atoms with E-state index in [1.54, 1.807) is 0 Å². The van der Waals surface area contributed by atoms with Crippen molar-refractivity contribution >= 4 is 22.4 Å². The van der Waals surface area contributed by atoms with Crippen LogP contribution in [0.15, 0.2) is 53.1 Å². The Morgan fingerprint density at radius 2 is 2.00 bits per heavy atom. The number of hydrogen-bond donors (Lipinski definition) is 3. The van der Waals surface area contributed by atoms with Gasteiger partial charge in [0, 0.05) is 24.2 Å². The van der Waals surface area contributed by atoms with Crippen LogP contribution in [0.25, 0.3) is 10.8 Å². The van der Waals surface area contributed by atoms with E-state index in [1.807, 2.05) is 31.2 Å². The van der Waals surface area contributed by atoms with E-state index < -0.39 is 0 Å². The van der Waals surface area contributed by atoms with Gasteiger partial charge < -0.3 is 20.8 Å². The average Bonchev–Trinajstić information content (AvgIpc) is 3.16. The summed E-state index contributed by atoms with van der Waals surface area (Å²) >= 11 is 0. The van der Waals surface area contributed by atoms with Crippen LogP contribution in [0.2, 0.25) is 0 Å². The van der Waals surface area contributed by atoms with Crippen LogP contribution in [0.1, 0.15) is 42.2 Å². The summed E-state index contributed by atoms with van der Waals surface area (Å²) in [7, 11) is 0. The number of anilines is 1. The van der Waals surface area contributed by atoms with Crippen LogP contribution in [-0.4, -0.2) is 24.0 Å². The third-order valence-electron chi connectivity index (χ3n) is 4.19. The second-order valence-electron chi connectivity index (χ2n) is 6.18. The zero-order valence-corrected chi connectivity index (χ0v) is 14.9. The molecule has 1 atom stereocenters. The van der Waals surface area contributed by atoms with Crippen molar-refractivity contribution in [1.82, 2.24) is 10.3 Å². The van der Waals surface area contributed by atoms with Crippen LogP contribution in [0.5, 0.6) is 0 Å². The Hall–Kier alpha value is -2.86. The Kier molecular flexibility index (Phi) is 5.86. The molecule has 0 aliphatic heterocycles. The maximum absolute atomic E-state index is 12.2. The molecule has 3 aromatic rings. The highest BCUT2D eigenvalue weighted by atomic mass is 16.3. The third-order valence-corrected chi connectivity index (χ3v) is 4.19. The normalized spacial score (nSPS) is 12.1. The Bertz CT molecular complexity index is 870. The van der Waals surface area contributed by atoms with Gasteiger partial charge in [0.05, 0.1) is 6.04 Å². The molecule has 0 spiro atoms. The lowest BCUT2D eigenvalue weighted by Crippen LogP contribution is -2.29. The lowest BCUT2D eigenvalue weighted by atomic mass is 10.1. The molecule has 1 amide bonds. The third kappa shape index (κ3) is 4.21. The number of nitrogens with zero attached hydrogens (tertiary/aromatic N) is 1. The van der Waals surface area contributed by atoms with E-state index in [-0.39, 0.29) is 17.6 Å². The molecule has 26 heavy (non-hydrogen) atoms. The number of hydrogen-bond acceptors (Lipinski definition) is 5. The maximum Gasteiger partial charge on any atom is 0.273 e. The molecular weight excluding hydrogens is 328 g/mol. The fourth-order valence-corrected chi connectivity index (χ4v) is 2.84. The first kappa shape index (κ1) is 17.9. The summed E-state index contributed by atoms with van der Waals surface area (Å²) in [4.78, 5) is 16.3. The van der Waals surface area contributed by atoms with Gasteiger partial charge in [0.15, 0.2) is 5.69 Å². The average molecular weight is 352 g/mol. The highest BCUT2D eigenvalue weighted by molar-refractivity contribution is 5.94. The summed E-state index contributed by atoms with van der Waals surface area (Å²) in [6, 6.07) is 14.0. The van der Waals surface area contributed by atoms with Crippen molar-refractivity contribution in [1.29, 1.82) is 0 Å². The first-order valence-electron chi connectivity index (χ1n) is 8.90. The minimum atomic E-state index is -0.269. The molecule has 3 rings (SSSR count). The fourth-order valence-electron chi connectivity index (χ4n) is 2.84. The monoisotopic (exact) mass is 352 g/mol. The molecule has 2 aromatic carbocycles. The van der Waals surface area contributed by atoms with E-state index in [0.717, 1.165) is 23.9 Å². The van der Waals surface area contributed by atoms with Gasteiger partial charge in [-0.3, -0.25) is 4.79 Å². The van der Waals surface area contributed by atoms with Gasteiger partial charge in [-0.2, -0.15) is 0 Å². The number of nitrogens with one attached hydrogen (secondary N) is 2. The molecule has 0 aliphatic carbocycles. The number of aromatic nitrogens is 1. The van der Waals surface area contributed by atoms with Crippen molar-refractivity contribution < 1.29 is 9.21 Å². The van der Waals surface area contributed by atoms with E-state index in [4.69, 9.17) is 10.2 Å². The van der Waals surface area contributed by atoms with Crippen LogP contribution >= 0.6 is 0 Å². The molecule has 6 nitrogen and oxygen atoms in total. The highest BCUT2D eigenvalue weighted by Crippen LogP contribution is 2.22. The zero-order chi connectivity index (χ0) is 18.4. The number of benzene rings is 2. The SMILES string of the molecule is CCCC(N)c1nc(C(=O)NCCNc2cccc3ccccc23)co1. The number of fused-ring (bicyclic) bond motifs is 1. The Labute approximate surface area is 152 Å². The van der Waals surface area contributed by atoms with Crippen LogP contribution in [0, 0.1) is 0 Å². The molecule has 1 aromatic heterocycles. The minimum Gasteiger partial charge on any atom is -0.446 e. The lowest BCUT2D eigenvalue weighted by Gasteiger charge is -2.10. The Morgan fingerprint density at radius 3 is 2.85 bits per heavy atom. The van der Waals surface area contributed by atoms with Crippen molar-refractivity contribution in [2.24, 2.45) is 5.73 Å². The first-order valence-corrected chi connectivity index (χ1v) is 8.90. The molecule has 4 N–H and O–H groups in total. The molecule has 1 heterocycles. The maximum atomic E-state index is 12.2. The Morgan fingerprint density at radius 1 is 1.19 bits per heavy atom. The molecule has 0 saturated carbocycles. The van der Waals surface area contributed by atoms with Crippen LogP contribution < -0.4 is 16.4 Å². The summed E-state index contributed by atoms with van der Waals surface area (Å²) in [6.07, 6.45) is 3.07. The molecule has 0 aliphatic rings. The summed E-state index contributed by atoms with van der Waals surface area (Å²) in [6.45, 7) is 3.13. The second kappa shape index (κ2) is 8.49. The number of amides is 1. The van der Waals surface area contributed by atoms with Gasteiger partial charge in [0.2, 0.25) is 5.89 Å². The van der Waals surface area contributed by atoms with Crippen molar-refractivity contribution in [3.63, 3.8) is 0 Å². The number of oxazole rings is 1. The fraction of sp³-hybridized carbons (Fsp3) is 0.300. The largest absolute Gasteiger partial charge is 0.446 e. The van der Waals surface area contributed by atoms with Gasteiger partial charge in [-0.15, -0.1) is 0 Å². The Balaban J connectivity index is 1.51. The molecule has 6 heteroatoms. The summed E-state index contributed by atoms with van der Waals surface area (Å²) in [5, 5.41) is 8.53. The number of carbonyl (C=O) groups excluding carboxylic acids is 1. The summed E-state index contributed by atoms with van der Waals surface area (Å²) in [5.41, 5.74) is 7.26. The quantitative estimate of drug-likeness (QED) is 0.540. The van der Waals surface area contributed by atoms with Crippen molar-refractivity contribution in [3.05, 3.63) is 60.3 Å². The standard InChI is InChI=1S/C20H24N4O2/c1-2-6-16(21)20-24-18(13-26-20)19(25)23-12-11-22-17-10-5-8-14-7-3-4-9-15(14)17/h3-5,7-10,13,16,22H,2,6,11-12,21H2,1H3,(H,23,25). The molecule has 0 radical (unpaired) electrons. The predicted molar refractivity (Wildman–Crippen MR) is 103 cm³/mol. The lowest BCUT2D eigenvalue weighted by molar-refractivity contribution is 0.0950. The van der Waals surface area contributed by atoms with Gasteiger partial charge in [0.25, 0.3) is 5.91 Å². The minimum absolute atomic E-state index is 0.261. The van der Waals surface area contributed by atoms with E-state index in [9.17, 15) is 4.79 Å². The molecular formula is C20H24N4O2. The summed E-state index contributed by atoms with van der Waals surface area (Å²) in [5.74, 6) is 0.147. The van der Waals surface area contributed by atoms with Gasteiger partial charge in [-0.25, -0.2) is 4.98 Å². The molecule has 0 saturated heterocycles. The topological polar surface area (TPSA) is 93.2 Å². The first-order chi connectivity index (χ1) is 12.7. The van der Waals surface area contributed by atoms with E-state index >= 15 is 0 Å². The molecule has 1 unspecified atom stereocenters. The van der Waals surface area contributed by atoms with Gasteiger partial charge in [-0.1, -0.05) is 49.7 Å². The predicted octanol–water partition coefficient (Wildman–Crippen LogP) is 3.47. The molecule has 0 fully saturated rings. The molecule has 136 valence electrons. The van der Waals surface area contributed by atoms with Gasteiger partial charge in [0.1, 0.15) is 6.26 Å². The van der Waals surface area contributed by atoms with Crippen molar-refractivity contribution in [2.75, 3.05) is 18.4 Å². The van der Waals surface area contributed by atoms with E-state index in [2.05, 4.69) is 33.8 Å². The van der Waals surface area contributed by atoms with E-state index in [1.165, 1.54) is 11.6 Å². The zero-order valence-electron chi connectivity index (χ0n) is 14.9. The smallest absolute Gasteiger partial charge is 0.273 e. The molecule has 0 bridgehead atoms. The van der Waals surface area contributed by atoms with Gasteiger partial charge in [-0.05, 0) is 17.9 Å². The number of carbonyl (C=O) groups is 1. The van der Waals surface area contributed by atoms with Crippen molar-refractivity contribution in [3.8, 4) is 0 Å². The van der Waals surface area contributed by atoms with Gasteiger partial charge >= 0.3 is 0 Å². The van der Waals surface area contributed by atoms with E-state index in [0.29, 0.717) is 19.0 Å².